The molecule has 1 amide bonds. The van der Waals surface area contributed by atoms with E-state index in [0.29, 0.717) is 23.7 Å². The van der Waals surface area contributed by atoms with Gasteiger partial charge in [0, 0.05) is 30.6 Å². The van der Waals surface area contributed by atoms with Crippen LogP contribution in [0, 0.1) is 5.92 Å². The Bertz CT molecular complexity index is 1030. The summed E-state index contributed by atoms with van der Waals surface area (Å²) >= 11 is 1.42. The lowest BCUT2D eigenvalue weighted by molar-refractivity contribution is -0.125. The van der Waals surface area contributed by atoms with Crippen molar-refractivity contribution in [3.8, 4) is 11.1 Å². The second-order valence-electron chi connectivity index (χ2n) is 7.16. The molecule has 1 aliphatic heterocycles. The number of carbonyl (C=O) groups excluding carboxylic acids is 1. The molecule has 0 aliphatic carbocycles. The molecule has 1 atom stereocenters. The highest BCUT2D eigenvalue weighted by atomic mass is 32.1. The largest absolute Gasteiger partial charge is 0.356 e. The van der Waals surface area contributed by atoms with Gasteiger partial charge in [0.25, 0.3) is 5.56 Å². The third-order valence-electron chi connectivity index (χ3n) is 5.14. The first kappa shape index (κ1) is 18.7. The molecule has 6 nitrogen and oxygen atoms in total. The van der Waals surface area contributed by atoms with Crippen LogP contribution in [-0.4, -0.2) is 35.5 Å². The summed E-state index contributed by atoms with van der Waals surface area (Å²) in [7, 11) is 0. The lowest BCUT2D eigenvalue weighted by Gasteiger charge is -2.32. The quantitative estimate of drug-likeness (QED) is 0.693. The molecule has 1 aromatic carbocycles. The second kappa shape index (κ2) is 8.14. The standard InChI is InChI=1S/C21H24N4O2S/c1-2-10-22-19(26)15-9-6-11-25(12-15)21-23-17-16(14-7-4-3-5-8-14)13-28-18(17)20(27)24-21/h3-5,7-8,13,15H,2,6,9-12H2,1H3,(H,22,26)(H,23,24,27). The summed E-state index contributed by atoms with van der Waals surface area (Å²) in [6.45, 7) is 4.11. The van der Waals surface area contributed by atoms with Crippen molar-refractivity contribution >= 4 is 33.4 Å². The van der Waals surface area contributed by atoms with E-state index in [2.05, 4.69) is 10.3 Å². The molecule has 7 heteroatoms. The number of fused-ring (bicyclic) bond motifs is 1. The van der Waals surface area contributed by atoms with Gasteiger partial charge in [-0.05, 0) is 24.8 Å². The molecule has 0 spiro atoms. The molecule has 1 unspecified atom stereocenters. The zero-order chi connectivity index (χ0) is 19.5. The number of H-pyrrole nitrogens is 1. The Morgan fingerprint density at radius 3 is 2.96 bits per heavy atom. The zero-order valence-electron chi connectivity index (χ0n) is 15.9. The van der Waals surface area contributed by atoms with E-state index in [9.17, 15) is 9.59 Å². The minimum atomic E-state index is -0.121. The lowest BCUT2D eigenvalue weighted by Crippen LogP contribution is -2.44. The number of nitrogens with zero attached hydrogens (tertiary/aromatic N) is 2. The minimum Gasteiger partial charge on any atom is -0.356 e. The molecule has 3 aromatic rings. The van der Waals surface area contributed by atoms with E-state index in [1.165, 1.54) is 11.3 Å². The van der Waals surface area contributed by atoms with Gasteiger partial charge in [0.2, 0.25) is 11.9 Å². The predicted molar refractivity (Wildman–Crippen MR) is 114 cm³/mol. The van der Waals surface area contributed by atoms with Crippen LogP contribution in [-0.2, 0) is 4.79 Å². The van der Waals surface area contributed by atoms with Gasteiger partial charge in [0.05, 0.1) is 11.4 Å². The van der Waals surface area contributed by atoms with Crippen LogP contribution in [0.3, 0.4) is 0 Å². The summed E-state index contributed by atoms with van der Waals surface area (Å²) in [5, 5.41) is 4.97. The average Bonchev–Trinajstić information content (AvgIpc) is 3.17. The van der Waals surface area contributed by atoms with Gasteiger partial charge in [0.1, 0.15) is 4.70 Å². The van der Waals surface area contributed by atoms with Gasteiger partial charge < -0.3 is 10.2 Å². The minimum absolute atomic E-state index is 0.0719. The van der Waals surface area contributed by atoms with Crippen LogP contribution >= 0.6 is 11.3 Å². The number of nitrogens with one attached hydrogen (secondary N) is 2. The van der Waals surface area contributed by atoms with Gasteiger partial charge in [-0.25, -0.2) is 4.98 Å². The Hall–Kier alpha value is -2.67. The number of hydrogen-bond acceptors (Lipinski definition) is 5. The maximum atomic E-state index is 12.7. The van der Waals surface area contributed by atoms with Gasteiger partial charge in [0.15, 0.2) is 0 Å². The van der Waals surface area contributed by atoms with Crippen LogP contribution in [0.15, 0.2) is 40.5 Å². The topological polar surface area (TPSA) is 78.1 Å². The second-order valence-corrected chi connectivity index (χ2v) is 8.04. The van der Waals surface area contributed by atoms with Gasteiger partial charge in [-0.15, -0.1) is 11.3 Å². The molecule has 4 rings (SSSR count). The van der Waals surface area contributed by atoms with Crippen molar-refractivity contribution in [3.63, 3.8) is 0 Å². The van der Waals surface area contributed by atoms with E-state index in [-0.39, 0.29) is 17.4 Å². The lowest BCUT2D eigenvalue weighted by atomic mass is 9.97. The molecule has 28 heavy (non-hydrogen) atoms. The molecule has 3 heterocycles. The van der Waals surface area contributed by atoms with E-state index in [1.54, 1.807) is 0 Å². The summed E-state index contributed by atoms with van der Waals surface area (Å²) in [6.07, 6.45) is 2.70. The first-order chi connectivity index (χ1) is 13.7. The fraction of sp³-hybridized carbons (Fsp3) is 0.381. The summed E-state index contributed by atoms with van der Waals surface area (Å²) < 4.78 is 0.636. The molecule has 0 saturated carbocycles. The number of aromatic nitrogens is 2. The number of anilines is 1. The summed E-state index contributed by atoms with van der Waals surface area (Å²) in [4.78, 5) is 34.8. The number of aromatic amines is 1. The first-order valence-corrected chi connectivity index (χ1v) is 10.6. The van der Waals surface area contributed by atoms with Crippen molar-refractivity contribution < 1.29 is 4.79 Å². The van der Waals surface area contributed by atoms with Crippen molar-refractivity contribution in [2.24, 2.45) is 5.92 Å². The highest BCUT2D eigenvalue weighted by Crippen LogP contribution is 2.32. The number of rotatable bonds is 5. The van der Waals surface area contributed by atoms with Crippen molar-refractivity contribution in [3.05, 3.63) is 46.1 Å². The van der Waals surface area contributed by atoms with E-state index < -0.39 is 0 Å². The van der Waals surface area contributed by atoms with Crippen LogP contribution in [0.25, 0.3) is 21.3 Å². The zero-order valence-corrected chi connectivity index (χ0v) is 16.7. The Morgan fingerprint density at radius 1 is 1.36 bits per heavy atom. The molecule has 1 aliphatic rings. The van der Waals surface area contributed by atoms with Crippen molar-refractivity contribution in [1.82, 2.24) is 15.3 Å². The van der Waals surface area contributed by atoms with Crippen LogP contribution in [0.2, 0.25) is 0 Å². The van der Waals surface area contributed by atoms with Gasteiger partial charge in [-0.3, -0.25) is 14.6 Å². The average molecular weight is 397 g/mol. The van der Waals surface area contributed by atoms with Gasteiger partial charge in [-0.1, -0.05) is 37.3 Å². The fourth-order valence-corrected chi connectivity index (χ4v) is 4.57. The Morgan fingerprint density at radius 2 is 2.18 bits per heavy atom. The maximum Gasteiger partial charge on any atom is 0.270 e. The number of piperidine rings is 1. The molecule has 2 N–H and O–H groups in total. The van der Waals surface area contributed by atoms with Crippen LogP contribution in [0.1, 0.15) is 26.2 Å². The molecule has 1 saturated heterocycles. The smallest absolute Gasteiger partial charge is 0.270 e. The van der Waals surface area contributed by atoms with Gasteiger partial charge >= 0.3 is 0 Å². The first-order valence-electron chi connectivity index (χ1n) is 9.77. The highest BCUT2D eigenvalue weighted by Gasteiger charge is 2.27. The number of thiophene rings is 1. The predicted octanol–water partition coefficient (Wildman–Crippen LogP) is 3.39. The van der Waals surface area contributed by atoms with Crippen molar-refractivity contribution in [1.29, 1.82) is 0 Å². The maximum absolute atomic E-state index is 12.7. The molecule has 1 fully saturated rings. The third kappa shape index (κ3) is 3.67. The molecule has 2 aromatic heterocycles. The molecule has 146 valence electrons. The Balaban J connectivity index is 1.65. The molecule has 0 radical (unpaired) electrons. The van der Waals surface area contributed by atoms with Crippen LogP contribution in [0.4, 0.5) is 5.95 Å². The fourth-order valence-electron chi connectivity index (χ4n) is 3.66. The van der Waals surface area contributed by atoms with E-state index in [1.807, 2.05) is 47.5 Å². The van der Waals surface area contributed by atoms with E-state index in [4.69, 9.17) is 4.98 Å². The van der Waals surface area contributed by atoms with Crippen molar-refractivity contribution in [2.75, 3.05) is 24.5 Å². The molecule has 0 bridgehead atoms. The van der Waals surface area contributed by atoms with E-state index in [0.717, 1.165) is 42.5 Å². The monoisotopic (exact) mass is 396 g/mol. The third-order valence-corrected chi connectivity index (χ3v) is 6.11. The van der Waals surface area contributed by atoms with Crippen molar-refractivity contribution in [2.45, 2.75) is 26.2 Å². The Labute approximate surface area is 167 Å². The number of carbonyl (C=O) groups is 1. The SMILES string of the molecule is CCCNC(=O)C1CCCN(c2nc3c(-c4ccccc4)csc3c(=O)[nH]2)C1. The summed E-state index contributed by atoms with van der Waals surface area (Å²) in [5.41, 5.74) is 2.63. The van der Waals surface area contributed by atoms with Crippen LogP contribution < -0.4 is 15.8 Å². The number of amides is 1. The summed E-state index contributed by atoms with van der Waals surface area (Å²) in [6, 6.07) is 9.99. The highest BCUT2D eigenvalue weighted by molar-refractivity contribution is 7.17. The van der Waals surface area contributed by atoms with Crippen LogP contribution in [0.5, 0.6) is 0 Å². The number of benzene rings is 1. The van der Waals surface area contributed by atoms with Gasteiger partial charge in [-0.2, -0.15) is 0 Å². The number of hydrogen-bond donors (Lipinski definition) is 2. The van der Waals surface area contributed by atoms with E-state index >= 15 is 0 Å². The molecular weight excluding hydrogens is 372 g/mol. The normalized spacial score (nSPS) is 17.0. The Kier molecular flexibility index (Phi) is 5.43. The summed E-state index contributed by atoms with van der Waals surface area (Å²) in [5.74, 6) is 0.578. The molecular formula is C21H24N4O2S.